The molecule has 3 rings (SSSR count). The zero-order valence-corrected chi connectivity index (χ0v) is 17.3. The van der Waals surface area contributed by atoms with Gasteiger partial charge in [-0.2, -0.15) is 13.2 Å². The molecular formula is C24H25F3N2O2. The molecule has 0 atom stereocenters. The predicted octanol–water partition coefficient (Wildman–Crippen LogP) is 5.23. The van der Waals surface area contributed by atoms with Gasteiger partial charge in [0.15, 0.2) is 0 Å². The second kappa shape index (κ2) is 10.3. The maximum atomic E-state index is 13.0. The molecule has 3 aromatic rings. The molecule has 0 aliphatic heterocycles. The lowest BCUT2D eigenvalue weighted by Crippen LogP contribution is -2.33. The Hall–Kier alpha value is -3.06. The van der Waals surface area contributed by atoms with Crippen LogP contribution in [-0.4, -0.2) is 35.6 Å². The number of halogens is 3. The van der Waals surface area contributed by atoms with Crippen molar-refractivity contribution in [3.8, 4) is 0 Å². The second-order valence-corrected chi connectivity index (χ2v) is 7.26. The third-order valence-corrected chi connectivity index (χ3v) is 4.97. The van der Waals surface area contributed by atoms with E-state index in [9.17, 15) is 18.0 Å². The van der Waals surface area contributed by atoms with Gasteiger partial charge in [0, 0.05) is 44.3 Å². The first-order chi connectivity index (χ1) is 14.9. The first-order valence-electron chi connectivity index (χ1n) is 10.0. The zero-order chi connectivity index (χ0) is 22.3. The van der Waals surface area contributed by atoms with Crippen molar-refractivity contribution >= 4 is 5.91 Å². The van der Waals surface area contributed by atoms with Gasteiger partial charge in [-0.3, -0.25) is 4.79 Å². The molecule has 0 saturated carbocycles. The predicted molar refractivity (Wildman–Crippen MR) is 113 cm³/mol. The Morgan fingerprint density at radius 3 is 2.52 bits per heavy atom. The number of hydrogen-bond acceptors (Lipinski definition) is 2. The van der Waals surface area contributed by atoms with Gasteiger partial charge in [0.2, 0.25) is 0 Å². The maximum Gasteiger partial charge on any atom is 0.416 e. The van der Waals surface area contributed by atoms with Gasteiger partial charge in [-0.1, -0.05) is 30.3 Å². The Bertz CT molecular complexity index is 984. The molecule has 2 aromatic carbocycles. The first-order valence-corrected chi connectivity index (χ1v) is 10.0. The van der Waals surface area contributed by atoms with Crippen LogP contribution < -0.4 is 0 Å². The summed E-state index contributed by atoms with van der Waals surface area (Å²) in [6.07, 6.45) is -1.88. The highest BCUT2D eigenvalue weighted by atomic mass is 19.4. The lowest BCUT2D eigenvalue weighted by molar-refractivity contribution is -0.137. The molecule has 1 heterocycles. The molecule has 7 heteroatoms. The van der Waals surface area contributed by atoms with E-state index in [0.29, 0.717) is 37.2 Å². The average molecular weight is 430 g/mol. The van der Waals surface area contributed by atoms with Crippen molar-refractivity contribution in [3.05, 3.63) is 95.3 Å². The van der Waals surface area contributed by atoms with Gasteiger partial charge in [0.25, 0.3) is 5.91 Å². The van der Waals surface area contributed by atoms with Crippen molar-refractivity contribution < 1.29 is 22.7 Å². The van der Waals surface area contributed by atoms with E-state index < -0.39 is 11.7 Å². The van der Waals surface area contributed by atoms with Gasteiger partial charge in [-0.05, 0) is 48.4 Å². The minimum Gasteiger partial charge on any atom is -0.385 e. The van der Waals surface area contributed by atoms with Crippen LogP contribution >= 0.6 is 0 Å². The van der Waals surface area contributed by atoms with Gasteiger partial charge < -0.3 is 14.2 Å². The molecule has 4 nitrogen and oxygen atoms in total. The molecule has 0 spiro atoms. The molecule has 0 N–H and O–H groups in total. The number of alkyl halides is 3. The molecule has 164 valence electrons. The number of methoxy groups -OCH3 is 1. The van der Waals surface area contributed by atoms with Crippen molar-refractivity contribution in [2.24, 2.45) is 0 Å². The molecule has 31 heavy (non-hydrogen) atoms. The monoisotopic (exact) mass is 430 g/mol. The molecule has 1 aromatic heterocycles. The van der Waals surface area contributed by atoms with Crippen molar-refractivity contribution in [2.75, 3.05) is 20.3 Å². The normalized spacial score (nSPS) is 11.5. The minimum absolute atomic E-state index is 0.0940. The number of rotatable bonds is 9. The summed E-state index contributed by atoms with van der Waals surface area (Å²) in [4.78, 5) is 14.8. The summed E-state index contributed by atoms with van der Waals surface area (Å²) in [5.74, 6) is -0.0940. The van der Waals surface area contributed by atoms with Crippen LogP contribution in [0.25, 0.3) is 0 Å². The van der Waals surface area contributed by atoms with E-state index in [1.54, 1.807) is 30.2 Å². The highest BCUT2D eigenvalue weighted by molar-refractivity contribution is 5.94. The van der Waals surface area contributed by atoms with Crippen molar-refractivity contribution in [3.63, 3.8) is 0 Å². The molecule has 0 radical (unpaired) electrons. The van der Waals surface area contributed by atoms with E-state index in [2.05, 4.69) is 0 Å². The summed E-state index contributed by atoms with van der Waals surface area (Å²) in [5, 5.41) is 0. The van der Waals surface area contributed by atoms with Crippen LogP contribution in [0.4, 0.5) is 13.2 Å². The van der Waals surface area contributed by atoms with E-state index in [0.717, 1.165) is 17.8 Å². The summed E-state index contributed by atoms with van der Waals surface area (Å²) >= 11 is 0. The number of benzene rings is 2. The number of hydrogen-bond donors (Lipinski definition) is 0. The highest BCUT2D eigenvalue weighted by Crippen LogP contribution is 2.29. The maximum absolute atomic E-state index is 13.0. The zero-order valence-electron chi connectivity index (χ0n) is 17.3. The largest absolute Gasteiger partial charge is 0.416 e. The summed E-state index contributed by atoms with van der Waals surface area (Å²) < 4.78 is 46.1. The number of aromatic nitrogens is 1. The van der Waals surface area contributed by atoms with Gasteiger partial charge in [-0.15, -0.1) is 0 Å². The van der Waals surface area contributed by atoms with Gasteiger partial charge in [0.1, 0.15) is 0 Å². The smallest absolute Gasteiger partial charge is 0.385 e. The number of carbonyl (C=O) groups is 1. The number of carbonyl (C=O) groups excluding carboxylic acids is 1. The average Bonchev–Trinajstić information content (AvgIpc) is 3.19. The lowest BCUT2D eigenvalue weighted by atomic mass is 10.1. The molecule has 0 saturated heterocycles. The number of nitrogens with zero attached hydrogens (tertiary/aromatic N) is 2. The Morgan fingerprint density at radius 2 is 1.81 bits per heavy atom. The summed E-state index contributed by atoms with van der Waals surface area (Å²) in [5.41, 5.74) is 1.32. The van der Waals surface area contributed by atoms with E-state index in [4.69, 9.17) is 4.74 Å². The Kier molecular flexibility index (Phi) is 7.52. The summed E-state index contributed by atoms with van der Waals surface area (Å²) in [6.45, 7) is 1.68. The number of amides is 1. The van der Waals surface area contributed by atoms with E-state index in [1.165, 1.54) is 6.07 Å². The Morgan fingerprint density at radius 1 is 1.03 bits per heavy atom. The fourth-order valence-corrected chi connectivity index (χ4v) is 3.40. The molecule has 0 aliphatic rings. The third-order valence-electron chi connectivity index (χ3n) is 4.97. The molecule has 1 amide bonds. The third kappa shape index (κ3) is 6.21. The van der Waals surface area contributed by atoms with Crippen molar-refractivity contribution in [1.82, 2.24) is 9.47 Å². The van der Waals surface area contributed by atoms with E-state index in [1.807, 2.05) is 41.1 Å². The first kappa shape index (κ1) is 22.6. The topological polar surface area (TPSA) is 34.5 Å². The fraction of sp³-hybridized carbons (Fsp3) is 0.292. The molecule has 0 unspecified atom stereocenters. The quantitative estimate of drug-likeness (QED) is 0.436. The van der Waals surface area contributed by atoms with Gasteiger partial charge in [-0.25, -0.2) is 0 Å². The van der Waals surface area contributed by atoms with Gasteiger partial charge in [0.05, 0.1) is 12.1 Å². The van der Waals surface area contributed by atoms with Crippen LogP contribution in [0.15, 0.2) is 72.9 Å². The standard InChI is InChI=1S/C24H25F3N2O2/c1-31-15-7-14-29(23(30)20-9-3-2-4-10-20)18-22-12-6-13-28(22)17-19-8-5-11-21(16-19)24(25,26)27/h2-6,8-13,16H,7,14-15,17-18H2,1H3. The van der Waals surface area contributed by atoms with E-state index in [-0.39, 0.29) is 12.5 Å². The van der Waals surface area contributed by atoms with Crippen LogP contribution in [-0.2, 0) is 24.0 Å². The van der Waals surface area contributed by atoms with Gasteiger partial charge >= 0.3 is 6.18 Å². The van der Waals surface area contributed by atoms with Crippen LogP contribution in [0.3, 0.4) is 0 Å². The van der Waals surface area contributed by atoms with Crippen LogP contribution in [0, 0.1) is 0 Å². The summed E-state index contributed by atoms with van der Waals surface area (Å²) in [7, 11) is 1.61. The van der Waals surface area contributed by atoms with Crippen LogP contribution in [0.2, 0.25) is 0 Å². The lowest BCUT2D eigenvalue weighted by Gasteiger charge is -2.24. The Labute approximate surface area is 179 Å². The SMILES string of the molecule is COCCCN(Cc1cccn1Cc1cccc(C(F)(F)F)c1)C(=O)c1ccccc1. The van der Waals surface area contributed by atoms with Crippen molar-refractivity contribution in [2.45, 2.75) is 25.7 Å². The molecule has 0 fully saturated rings. The number of ether oxygens (including phenoxy) is 1. The Balaban J connectivity index is 1.79. The fourth-order valence-electron chi connectivity index (χ4n) is 3.40. The second-order valence-electron chi connectivity index (χ2n) is 7.26. The van der Waals surface area contributed by atoms with E-state index >= 15 is 0 Å². The van der Waals surface area contributed by atoms with Crippen LogP contribution in [0.5, 0.6) is 0 Å². The molecular weight excluding hydrogens is 405 g/mol. The highest BCUT2D eigenvalue weighted by Gasteiger charge is 2.30. The minimum atomic E-state index is -4.38. The summed E-state index contributed by atoms with van der Waals surface area (Å²) in [6, 6.07) is 18.1. The van der Waals surface area contributed by atoms with Crippen molar-refractivity contribution in [1.29, 1.82) is 0 Å². The molecule has 0 bridgehead atoms. The molecule has 0 aliphatic carbocycles. The van der Waals surface area contributed by atoms with Crippen LogP contribution in [0.1, 0.15) is 33.6 Å².